The van der Waals surface area contributed by atoms with Gasteiger partial charge in [0.15, 0.2) is 0 Å². The average molecular weight is 407 g/mol. The Hall–Kier alpha value is -3.12. The molecule has 7 heteroatoms. The number of H-pyrrole nitrogens is 1. The predicted octanol–water partition coefficient (Wildman–Crippen LogP) is 3.51. The third-order valence-corrected chi connectivity index (χ3v) is 5.96. The van der Waals surface area contributed by atoms with Gasteiger partial charge < -0.3 is 9.88 Å². The van der Waals surface area contributed by atoms with Crippen LogP contribution in [0, 0.1) is 0 Å². The molecule has 1 saturated heterocycles. The van der Waals surface area contributed by atoms with Crippen LogP contribution in [0.2, 0.25) is 5.02 Å². The highest BCUT2D eigenvalue weighted by molar-refractivity contribution is 6.30. The van der Waals surface area contributed by atoms with Crippen molar-refractivity contribution in [1.29, 1.82) is 0 Å². The van der Waals surface area contributed by atoms with Crippen molar-refractivity contribution in [3.05, 3.63) is 70.4 Å². The molecule has 0 unspecified atom stereocenters. The summed E-state index contributed by atoms with van der Waals surface area (Å²) in [6.45, 7) is 1.91. The largest absolute Gasteiger partial charge is 0.356 e. The molecule has 29 heavy (non-hydrogen) atoms. The van der Waals surface area contributed by atoms with Gasteiger partial charge in [0, 0.05) is 28.0 Å². The van der Waals surface area contributed by atoms with Crippen LogP contribution >= 0.6 is 11.6 Å². The monoisotopic (exact) mass is 406 g/mol. The standard InChI is InChI=1S/C22H19ClN4O2/c1-13-21-17(16-7-2-3-8-18(16)25-21)10-19-22(29)26(12-20(28)27(13)19)24-11-14-5-4-6-15(23)9-14/h2-9,11,13,19,25H,10,12H2,1H3/b24-11+/t13-,19-/m0/s1. The number of carbonyl (C=O) groups is 2. The van der Waals surface area contributed by atoms with Gasteiger partial charge in [-0.15, -0.1) is 0 Å². The molecule has 1 fully saturated rings. The summed E-state index contributed by atoms with van der Waals surface area (Å²) in [6.07, 6.45) is 2.05. The number of piperazine rings is 1. The van der Waals surface area contributed by atoms with E-state index in [9.17, 15) is 9.59 Å². The van der Waals surface area contributed by atoms with Crippen molar-refractivity contribution in [2.45, 2.75) is 25.4 Å². The van der Waals surface area contributed by atoms with Crippen LogP contribution in [0.3, 0.4) is 0 Å². The van der Waals surface area contributed by atoms with Crippen LogP contribution in [0.1, 0.15) is 29.8 Å². The molecule has 3 aromatic rings. The van der Waals surface area contributed by atoms with Gasteiger partial charge in [0.2, 0.25) is 5.91 Å². The van der Waals surface area contributed by atoms with Gasteiger partial charge in [-0.25, -0.2) is 5.01 Å². The van der Waals surface area contributed by atoms with Gasteiger partial charge in [-0.1, -0.05) is 41.9 Å². The molecule has 2 aliphatic heterocycles. The summed E-state index contributed by atoms with van der Waals surface area (Å²) in [4.78, 5) is 31.2. The SMILES string of the molecule is C[C@H]1c2[nH]c3ccccc3c2C[C@H]2C(=O)N(/N=C/c3cccc(Cl)c3)CC(=O)N21. The third kappa shape index (κ3) is 2.91. The Kier molecular flexibility index (Phi) is 4.17. The fourth-order valence-electron chi connectivity index (χ4n) is 4.37. The first-order valence-corrected chi connectivity index (χ1v) is 9.92. The van der Waals surface area contributed by atoms with Crippen LogP contribution in [0.4, 0.5) is 0 Å². The molecule has 6 nitrogen and oxygen atoms in total. The maximum Gasteiger partial charge on any atom is 0.266 e. The van der Waals surface area contributed by atoms with E-state index in [1.165, 1.54) is 5.01 Å². The van der Waals surface area contributed by atoms with E-state index >= 15 is 0 Å². The zero-order valence-electron chi connectivity index (χ0n) is 15.8. The Balaban J connectivity index is 1.48. The molecule has 2 aromatic carbocycles. The van der Waals surface area contributed by atoms with Crippen molar-refractivity contribution in [3.63, 3.8) is 0 Å². The van der Waals surface area contributed by atoms with Gasteiger partial charge >= 0.3 is 0 Å². The summed E-state index contributed by atoms with van der Waals surface area (Å²) in [5, 5.41) is 7.26. The van der Waals surface area contributed by atoms with E-state index in [0.29, 0.717) is 11.4 Å². The Labute approximate surface area is 172 Å². The van der Waals surface area contributed by atoms with E-state index < -0.39 is 6.04 Å². The molecule has 3 heterocycles. The Morgan fingerprint density at radius 2 is 2.00 bits per heavy atom. The van der Waals surface area contributed by atoms with E-state index in [4.69, 9.17) is 11.6 Å². The highest BCUT2D eigenvalue weighted by atomic mass is 35.5. The molecule has 0 aliphatic carbocycles. The second-order valence-electron chi connectivity index (χ2n) is 7.46. The molecule has 1 aromatic heterocycles. The number of aromatic nitrogens is 1. The van der Waals surface area contributed by atoms with Crippen LogP contribution in [0.25, 0.3) is 10.9 Å². The first kappa shape index (κ1) is 17.9. The lowest BCUT2D eigenvalue weighted by atomic mass is 9.90. The maximum absolute atomic E-state index is 13.2. The van der Waals surface area contributed by atoms with Crippen molar-refractivity contribution in [1.82, 2.24) is 14.9 Å². The van der Waals surface area contributed by atoms with Crippen molar-refractivity contribution in [3.8, 4) is 0 Å². The van der Waals surface area contributed by atoms with Crippen LogP contribution in [0.15, 0.2) is 53.6 Å². The highest BCUT2D eigenvalue weighted by Gasteiger charge is 2.46. The molecule has 0 bridgehead atoms. The number of fused-ring (bicyclic) bond motifs is 4. The lowest BCUT2D eigenvalue weighted by molar-refractivity contribution is -0.159. The van der Waals surface area contributed by atoms with Crippen molar-refractivity contribution in [2.75, 3.05) is 6.54 Å². The fraction of sp³-hybridized carbons (Fsp3) is 0.227. The molecule has 146 valence electrons. The number of hydrogen-bond acceptors (Lipinski definition) is 3. The summed E-state index contributed by atoms with van der Waals surface area (Å²) >= 11 is 6.00. The van der Waals surface area contributed by atoms with Crippen LogP contribution < -0.4 is 0 Å². The van der Waals surface area contributed by atoms with Crippen molar-refractivity contribution >= 4 is 40.5 Å². The van der Waals surface area contributed by atoms with Crippen molar-refractivity contribution < 1.29 is 9.59 Å². The minimum absolute atomic E-state index is 0.0632. The molecule has 5 rings (SSSR count). The van der Waals surface area contributed by atoms with Crippen molar-refractivity contribution in [2.24, 2.45) is 5.10 Å². The summed E-state index contributed by atoms with van der Waals surface area (Å²) < 4.78 is 0. The molecule has 2 aliphatic rings. The van der Waals surface area contributed by atoms with E-state index in [1.54, 1.807) is 23.2 Å². The molecule has 0 radical (unpaired) electrons. The third-order valence-electron chi connectivity index (χ3n) is 5.72. The first-order chi connectivity index (χ1) is 14.0. The number of benzene rings is 2. The minimum atomic E-state index is -0.547. The highest BCUT2D eigenvalue weighted by Crippen LogP contribution is 2.38. The van der Waals surface area contributed by atoms with Gasteiger partial charge in [-0.05, 0) is 36.2 Å². The Morgan fingerprint density at radius 3 is 2.83 bits per heavy atom. The van der Waals surface area contributed by atoms with Gasteiger partial charge in [0.25, 0.3) is 5.91 Å². The zero-order valence-corrected chi connectivity index (χ0v) is 16.6. The smallest absolute Gasteiger partial charge is 0.266 e. The predicted molar refractivity (Wildman–Crippen MR) is 112 cm³/mol. The quantitative estimate of drug-likeness (QED) is 0.661. The Bertz CT molecular complexity index is 1170. The second kappa shape index (κ2) is 6.74. The van der Waals surface area contributed by atoms with Gasteiger partial charge in [0.1, 0.15) is 12.6 Å². The number of aromatic amines is 1. The lowest BCUT2D eigenvalue weighted by Crippen LogP contribution is -2.61. The van der Waals surface area contributed by atoms with E-state index in [0.717, 1.165) is 27.7 Å². The molecule has 0 spiro atoms. The number of hydrazone groups is 1. The summed E-state index contributed by atoms with van der Waals surface area (Å²) in [7, 11) is 0. The number of halogens is 1. The van der Waals surface area contributed by atoms with Gasteiger partial charge in [0.05, 0.1) is 12.3 Å². The molecular weight excluding hydrogens is 388 g/mol. The fourth-order valence-corrected chi connectivity index (χ4v) is 4.57. The van der Waals surface area contributed by atoms with Gasteiger partial charge in [-0.2, -0.15) is 5.10 Å². The first-order valence-electron chi connectivity index (χ1n) is 9.54. The molecule has 2 atom stereocenters. The lowest BCUT2D eigenvalue weighted by Gasteiger charge is -2.44. The normalized spacial score (nSPS) is 21.7. The molecule has 2 amide bonds. The second-order valence-corrected chi connectivity index (χ2v) is 7.89. The molecule has 1 N–H and O–H groups in total. The van der Waals surface area contributed by atoms with E-state index in [1.807, 2.05) is 37.3 Å². The number of nitrogens with zero attached hydrogens (tertiary/aromatic N) is 3. The number of carbonyl (C=O) groups excluding carboxylic acids is 2. The average Bonchev–Trinajstić information content (AvgIpc) is 3.09. The maximum atomic E-state index is 13.2. The van der Waals surface area contributed by atoms with E-state index in [2.05, 4.69) is 16.2 Å². The number of amides is 2. The van der Waals surface area contributed by atoms with Crippen LogP contribution in [0.5, 0.6) is 0 Å². The van der Waals surface area contributed by atoms with Crippen LogP contribution in [-0.2, 0) is 16.0 Å². The molecular formula is C22H19ClN4O2. The summed E-state index contributed by atoms with van der Waals surface area (Å²) in [5.74, 6) is -0.264. The zero-order chi connectivity index (χ0) is 20.1. The van der Waals surface area contributed by atoms with E-state index in [-0.39, 0.29) is 24.4 Å². The molecule has 0 saturated carbocycles. The number of rotatable bonds is 2. The van der Waals surface area contributed by atoms with Gasteiger partial charge in [-0.3, -0.25) is 9.59 Å². The van der Waals surface area contributed by atoms with Crippen LogP contribution in [-0.4, -0.2) is 45.5 Å². The number of hydrogen-bond donors (Lipinski definition) is 1. The number of para-hydroxylation sites is 1. The Morgan fingerprint density at radius 1 is 1.17 bits per heavy atom. The minimum Gasteiger partial charge on any atom is -0.356 e. The summed E-state index contributed by atoms with van der Waals surface area (Å²) in [5.41, 5.74) is 3.92. The summed E-state index contributed by atoms with van der Waals surface area (Å²) in [6, 6.07) is 14.5. The number of nitrogens with one attached hydrogen (secondary N) is 1. The topological polar surface area (TPSA) is 68.8 Å².